The quantitative estimate of drug-likeness (QED) is 0.306. The van der Waals surface area contributed by atoms with Crippen LogP contribution in [0.15, 0.2) is 97.2 Å². The zero-order valence-electron chi connectivity index (χ0n) is 21.1. The van der Waals surface area contributed by atoms with Crippen LogP contribution in [0.25, 0.3) is 16.8 Å². The molecule has 5 aromatic rings. The molecule has 2 heterocycles. The molecule has 0 saturated carbocycles. The number of amides is 2. The Balaban J connectivity index is 1.46. The van der Waals surface area contributed by atoms with E-state index in [2.05, 4.69) is 10.3 Å². The number of pyridine rings is 1. The number of imidazole rings is 1. The van der Waals surface area contributed by atoms with Crippen molar-refractivity contribution in [2.24, 2.45) is 5.73 Å². The second-order valence-corrected chi connectivity index (χ2v) is 9.75. The highest BCUT2D eigenvalue weighted by atomic mass is 19.1. The molecular formula is C31H27FN4O2. The maximum absolute atomic E-state index is 13.3. The Bertz CT molecular complexity index is 1640. The van der Waals surface area contributed by atoms with Gasteiger partial charge in [0.05, 0.1) is 11.2 Å². The summed E-state index contributed by atoms with van der Waals surface area (Å²) in [5.41, 5.74) is 10.5. The molecule has 190 valence electrons. The van der Waals surface area contributed by atoms with Crippen LogP contribution in [0, 0.1) is 5.82 Å². The van der Waals surface area contributed by atoms with E-state index in [4.69, 9.17) is 5.73 Å². The van der Waals surface area contributed by atoms with E-state index in [-0.39, 0.29) is 17.4 Å². The van der Waals surface area contributed by atoms with Crippen molar-refractivity contribution in [1.29, 1.82) is 0 Å². The van der Waals surface area contributed by atoms with Crippen molar-refractivity contribution in [3.8, 4) is 11.1 Å². The Kier molecular flexibility index (Phi) is 6.51. The Labute approximate surface area is 220 Å². The highest BCUT2D eigenvalue weighted by Gasteiger charge is 2.23. The van der Waals surface area contributed by atoms with Crippen molar-refractivity contribution in [3.63, 3.8) is 0 Å². The number of fused-ring (bicyclic) bond motifs is 1. The summed E-state index contributed by atoms with van der Waals surface area (Å²) in [6.45, 7) is 3.93. The van der Waals surface area contributed by atoms with E-state index in [1.54, 1.807) is 34.9 Å². The number of rotatable bonds is 7. The summed E-state index contributed by atoms with van der Waals surface area (Å²) in [5, 5.41) is 3.11. The number of aromatic nitrogens is 2. The Morgan fingerprint density at radius 3 is 2.37 bits per heavy atom. The first-order valence-electron chi connectivity index (χ1n) is 12.2. The molecule has 0 aliphatic rings. The molecule has 0 unspecified atom stereocenters. The molecule has 0 atom stereocenters. The van der Waals surface area contributed by atoms with Gasteiger partial charge in [-0.25, -0.2) is 9.37 Å². The SMILES string of the molecule is CC(C)(NC(=O)c1cccc(-c2ccc3nc(Cc4ccc(F)cc4)c(C(N)=O)n3c2)c1)c1ccccc1. The van der Waals surface area contributed by atoms with Crippen molar-refractivity contribution < 1.29 is 14.0 Å². The Morgan fingerprint density at radius 1 is 0.921 bits per heavy atom. The molecule has 5 rings (SSSR count). The summed E-state index contributed by atoms with van der Waals surface area (Å²) in [4.78, 5) is 30.2. The van der Waals surface area contributed by atoms with Gasteiger partial charge in [-0.15, -0.1) is 0 Å². The van der Waals surface area contributed by atoms with Crippen LogP contribution >= 0.6 is 0 Å². The third-order valence-electron chi connectivity index (χ3n) is 6.59. The first-order chi connectivity index (χ1) is 18.2. The van der Waals surface area contributed by atoms with E-state index in [1.807, 2.05) is 68.4 Å². The normalized spacial score (nSPS) is 11.4. The molecule has 0 aliphatic carbocycles. The molecule has 2 aromatic heterocycles. The fourth-order valence-corrected chi connectivity index (χ4v) is 4.57. The standard InChI is InChI=1S/C31H27FN4O2/c1-31(2,24-9-4-3-5-10-24)35-30(38)22-8-6-7-21(18-22)23-13-16-27-34-26(28(29(33)37)36(27)19-23)17-20-11-14-25(32)15-12-20/h3-16,18-19H,17H2,1-2H3,(H2,33,37)(H,35,38). The lowest BCUT2D eigenvalue weighted by atomic mass is 9.93. The summed E-state index contributed by atoms with van der Waals surface area (Å²) in [5.74, 6) is -1.13. The second kappa shape index (κ2) is 9.94. The number of nitrogens with zero attached hydrogens (tertiary/aromatic N) is 2. The first-order valence-corrected chi connectivity index (χ1v) is 12.2. The van der Waals surface area contributed by atoms with Gasteiger partial charge >= 0.3 is 0 Å². The molecule has 0 aliphatic heterocycles. The average Bonchev–Trinajstić information content (AvgIpc) is 3.27. The van der Waals surface area contributed by atoms with Gasteiger partial charge in [-0.2, -0.15) is 0 Å². The summed E-state index contributed by atoms with van der Waals surface area (Å²) < 4.78 is 15.0. The van der Waals surface area contributed by atoms with Gasteiger partial charge < -0.3 is 11.1 Å². The number of hydrogen-bond acceptors (Lipinski definition) is 3. The zero-order chi connectivity index (χ0) is 26.9. The molecule has 3 aromatic carbocycles. The van der Waals surface area contributed by atoms with Crippen molar-refractivity contribution in [2.45, 2.75) is 25.8 Å². The summed E-state index contributed by atoms with van der Waals surface area (Å²) in [7, 11) is 0. The molecule has 0 spiro atoms. The second-order valence-electron chi connectivity index (χ2n) is 9.75. The third-order valence-corrected chi connectivity index (χ3v) is 6.59. The number of carbonyl (C=O) groups is 2. The molecule has 0 radical (unpaired) electrons. The van der Waals surface area contributed by atoms with Crippen molar-refractivity contribution in [1.82, 2.24) is 14.7 Å². The molecule has 0 bridgehead atoms. The van der Waals surface area contributed by atoms with Gasteiger partial charge in [0.1, 0.15) is 17.2 Å². The van der Waals surface area contributed by atoms with E-state index < -0.39 is 11.4 Å². The minimum atomic E-state index is -0.608. The van der Waals surface area contributed by atoms with E-state index in [9.17, 15) is 14.0 Å². The van der Waals surface area contributed by atoms with Crippen LogP contribution in [0.3, 0.4) is 0 Å². The topological polar surface area (TPSA) is 89.5 Å². The summed E-state index contributed by atoms with van der Waals surface area (Å²) >= 11 is 0. The van der Waals surface area contributed by atoms with Gasteiger partial charge in [-0.3, -0.25) is 14.0 Å². The molecule has 6 nitrogen and oxygen atoms in total. The first kappa shape index (κ1) is 24.9. The van der Waals surface area contributed by atoms with Crippen LogP contribution in [0.5, 0.6) is 0 Å². The van der Waals surface area contributed by atoms with Crippen LogP contribution in [0.1, 0.15) is 51.5 Å². The lowest BCUT2D eigenvalue weighted by molar-refractivity contribution is 0.0911. The van der Waals surface area contributed by atoms with Gasteiger partial charge in [-0.05, 0) is 72.5 Å². The summed E-state index contributed by atoms with van der Waals surface area (Å²) in [6.07, 6.45) is 2.13. The third kappa shape index (κ3) is 5.04. The van der Waals surface area contributed by atoms with Crippen molar-refractivity contribution in [2.75, 3.05) is 0 Å². The van der Waals surface area contributed by atoms with E-state index >= 15 is 0 Å². The molecule has 0 fully saturated rings. The highest BCUT2D eigenvalue weighted by Crippen LogP contribution is 2.25. The molecule has 0 saturated heterocycles. The smallest absolute Gasteiger partial charge is 0.267 e. The number of halogens is 1. The van der Waals surface area contributed by atoms with Crippen LogP contribution in [0.2, 0.25) is 0 Å². The number of hydrogen-bond donors (Lipinski definition) is 2. The van der Waals surface area contributed by atoms with Gasteiger partial charge in [0.15, 0.2) is 0 Å². The minimum Gasteiger partial charge on any atom is -0.364 e. The lowest BCUT2D eigenvalue weighted by Gasteiger charge is -2.27. The van der Waals surface area contributed by atoms with E-state index in [0.29, 0.717) is 23.3 Å². The average molecular weight is 507 g/mol. The van der Waals surface area contributed by atoms with Crippen molar-refractivity contribution in [3.05, 3.63) is 131 Å². The van der Waals surface area contributed by atoms with Crippen molar-refractivity contribution >= 4 is 17.5 Å². The number of carbonyl (C=O) groups excluding carboxylic acids is 2. The van der Waals surface area contributed by atoms with Crippen LogP contribution in [-0.4, -0.2) is 21.2 Å². The number of nitrogens with one attached hydrogen (secondary N) is 1. The zero-order valence-corrected chi connectivity index (χ0v) is 21.1. The highest BCUT2D eigenvalue weighted by molar-refractivity contribution is 5.96. The minimum absolute atomic E-state index is 0.191. The Morgan fingerprint density at radius 2 is 1.66 bits per heavy atom. The van der Waals surface area contributed by atoms with Gasteiger partial charge in [-0.1, -0.05) is 54.6 Å². The largest absolute Gasteiger partial charge is 0.364 e. The predicted octanol–water partition coefficient (Wildman–Crippen LogP) is 5.50. The van der Waals surface area contributed by atoms with E-state index in [1.165, 1.54) is 12.1 Å². The monoisotopic (exact) mass is 506 g/mol. The van der Waals surface area contributed by atoms with Crippen LogP contribution < -0.4 is 11.1 Å². The van der Waals surface area contributed by atoms with Gasteiger partial charge in [0.25, 0.3) is 11.8 Å². The van der Waals surface area contributed by atoms with Gasteiger partial charge in [0.2, 0.25) is 0 Å². The molecule has 2 amide bonds. The number of nitrogens with two attached hydrogens (primary N) is 1. The lowest BCUT2D eigenvalue weighted by Crippen LogP contribution is -2.40. The molecule has 38 heavy (non-hydrogen) atoms. The Hall–Kier alpha value is -4.78. The summed E-state index contributed by atoms with van der Waals surface area (Å²) in [6, 6.07) is 26.9. The molecular weight excluding hydrogens is 479 g/mol. The fraction of sp³-hybridized carbons (Fsp3) is 0.129. The van der Waals surface area contributed by atoms with Gasteiger partial charge in [0, 0.05) is 18.2 Å². The predicted molar refractivity (Wildman–Crippen MR) is 145 cm³/mol. The van der Waals surface area contributed by atoms with Crippen LogP contribution in [0.4, 0.5) is 4.39 Å². The number of benzene rings is 3. The number of primary amides is 1. The molecule has 7 heteroatoms. The van der Waals surface area contributed by atoms with Crippen LogP contribution in [-0.2, 0) is 12.0 Å². The van der Waals surface area contributed by atoms with E-state index in [0.717, 1.165) is 22.3 Å². The maximum atomic E-state index is 13.3. The maximum Gasteiger partial charge on any atom is 0.267 e. The molecule has 3 N–H and O–H groups in total. The fourth-order valence-electron chi connectivity index (χ4n) is 4.57.